The van der Waals surface area contributed by atoms with Gasteiger partial charge in [0.25, 0.3) is 0 Å². The number of amides is 1. The van der Waals surface area contributed by atoms with Gasteiger partial charge >= 0.3 is 5.97 Å². The third kappa shape index (κ3) is 5.85. The first kappa shape index (κ1) is 19.4. The molecule has 1 fully saturated rings. The van der Waals surface area contributed by atoms with Crippen molar-refractivity contribution in [3.05, 3.63) is 35.9 Å². The van der Waals surface area contributed by atoms with Gasteiger partial charge in [0, 0.05) is 6.54 Å². The van der Waals surface area contributed by atoms with Crippen molar-refractivity contribution in [2.24, 2.45) is 5.92 Å². The molecule has 0 saturated carbocycles. The predicted octanol–water partition coefficient (Wildman–Crippen LogP) is 1.75. The second kappa shape index (κ2) is 8.47. The number of hydrogen-bond acceptors (Lipinski definition) is 4. The largest absolute Gasteiger partial charge is 0.480 e. The van der Waals surface area contributed by atoms with Crippen LogP contribution in [0.1, 0.15) is 31.7 Å². The van der Waals surface area contributed by atoms with E-state index in [0.29, 0.717) is 32.2 Å². The normalized spacial score (nSPS) is 21.1. The number of hydrogen-bond donors (Lipinski definition) is 1. The number of aryl methyl sites for hydroxylation is 1. The first-order chi connectivity index (χ1) is 11.8. The summed E-state index contributed by atoms with van der Waals surface area (Å²) < 4.78 is 24.4. The van der Waals surface area contributed by atoms with Gasteiger partial charge in [-0.25, -0.2) is 13.2 Å². The number of piperidine rings is 1. The molecular formula is C18H25NO5S. The zero-order valence-electron chi connectivity index (χ0n) is 14.4. The molecule has 0 aromatic heterocycles. The van der Waals surface area contributed by atoms with Crippen LogP contribution < -0.4 is 0 Å². The van der Waals surface area contributed by atoms with Crippen LogP contribution in [-0.2, 0) is 25.8 Å². The van der Waals surface area contributed by atoms with Crippen molar-refractivity contribution in [3.8, 4) is 0 Å². The Morgan fingerprint density at radius 3 is 2.56 bits per heavy atom. The van der Waals surface area contributed by atoms with Gasteiger partial charge in [-0.3, -0.25) is 4.79 Å². The van der Waals surface area contributed by atoms with Crippen molar-refractivity contribution in [3.63, 3.8) is 0 Å². The summed E-state index contributed by atoms with van der Waals surface area (Å²) in [4.78, 5) is 24.9. The van der Waals surface area contributed by atoms with Gasteiger partial charge in [0.05, 0.1) is 5.75 Å². The van der Waals surface area contributed by atoms with Gasteiger partial charge in [-0.15, -0.1) is 0 Å². The molecule has 2 rings (SSSR count). The number of nitrogens with zero attached hydrogens (tertiary/aromatic N) is 1. The highest BCUT2D eigenvalue weighted by atomic mass is 32.2. The molecule has 1 amide bonds. The van der Waals surface area contributed by atoms with Crippen molar-refractivity contribution in [2.75, 3.05) is 18.1 Å². The van der Waals surface area contributed by atoms with Crippen molar-refractivity contribution in [1.29, 1.82) is 0 Å². The molecule has 0 aliphatic carbocycles. The molecule has 138 valence electrons. The van der Waals surface area contributed by atoms with Crippen LogP contribution in [0.4, 0.5) is 0 Å². The zero-order valence-corrected chi connectivity index (χ0v) is 15.2. The van der Waals surface area contributed by atoms with E-state index in [9.17, 15) is 23.1 Å². The lowest BCUT2D eigenvalue weighted by molar-refractivity contribution is -0.152. The molecule has 2 atom stereocenters. The topological polar surface area (TPSA) is 91.8 Å². The van der Waals surface area contributed by atoms with Crippen LogP contribution in [0.15, 0.2) is 30.3 Å². The Kier molecular flexibility index (Phi) is 6.58. The molecular weight excluding hydrogens is 342 g/mol. The summed E-state index contributed by atoms with van der Waals surface area (Å²) in [5.41, 5.74) is 1.06. The molecule has 2 unspecified atom stereocenters. The first-order valence-corrected chi connectivity index (χ1v) is 10.4. The highest BCUT2D eigenvalue weighted by Crippen LogP contribution is 2.23. The minimum atomic E-state index is -3.55. The van der Waals surface area contributed by atoms with Crippen molar-refractivity contribution >= 4 is 21.7 Å². The van der Waals surface area contributed by atoms with Gasteiger partial charge in [-0.1, -0.05) is 37.3 Å². The number of rotatable bonds is 7. The van der Waals surface area contributed by atoms with E-state index < -0.39 is 33.5 Å². The van der Waals surface area contributed by atoms with Crippen LogP contribution in [-0.4, -0.2) is 54.4 Å². The average molecular weight is 367 g/mol. The fraction of sp³-hybridized carbons (Fsp3) is 0.556. The molecule has 1 N–H and O–H groups in total. The van der Waals surface area contributed by atoms with Gasteiger partial charge in [-0.05, 0) is 37.2 Å². The molecule has 0 spiro atoms. The second-order valence-corrected chi connectivity index (χ2v) is 8.94. The Morgan fingerprint density at radius 2 is 1.92 bits per heavy atom. The fourth-order valence-corrected chi connectivity index (χ4v) is 4.43. The Bertz CT molecular complexity index is 701. The lowest BCUT2D eigenvalue weighted by Gasteiger charge is -2.35. The number of sulfone groups is 1. The number of carboxylic acid groups (broad SMARTS) is 1. The fourth-order valence-electron chi connectivity index (χ4n) is 3.16. The minimum absolute atomic E-state index is 0.0738. The van der Waals surface area contributed by atoms with Gasteiger partial charge in [0.1, 0.15) is 11.8 Å². The molecule has 1 aliphatic rings. The predicted molar refractivity (Wildman–Crippen MR) is 95.0 cm³/mol. The number of aliphatic carboxylic acids is 1. The Balaban J connectivity index is 1.90. The Morgan fingerprint density at radius 1 is 1.24 bits per heavy atom. The molecule has 0 radical (unpaired) electrons. The SMILES string of the molecule is CC1CCN(C(=O)CS(=O)(=O)CCCc2ccccc2)C(C(=O)O)C1. The first-order valence-electron chi connectivity index (χ1n) is 8.55. The minimum Gasteiger partial charge on any atom is -0.480 e. The van der Waals surface area contributed by atoms with Gasteiger partial charge < -0.3 is 10.0 Å². The maximum atomic E-state index is 12.4. The monoisotopic (exact) mass is 367 g/mol. The number of likely N-dealkylation sites (tertiary alicyclic amines) is 1. The quantitative estimate of drug-likeness (QED) is 0.793. The zero-order chi connectivity index (χ0) is 18.4. The van der Waals surface area contributed by atoms with Gasteiger partial charge in [-0.2, -0.15) is 0 Å². The lowest BCUT2D eigenvalue weighted by atomic mass is 9.92. The second-order valence-electron chi connectivity index (χ2n) is 6.75. The van der Waals surface area contributed by atoms with Crippen LogP contribution in [0, 0.1) is 5.92 Å². The van der Waals surface area contributed by atoms with E-state index in [1.165, 1.54) is 4.90 Å². The van der Waals surface area contributed by atoms with Crippen LogP contribution in [0.3, 0.4) is 0 Å². The summed E-state index contributed by atoms with van der Waals surface area (Å²) in [6.07, 6.45) is 2.14. The van der Waals surface area contributed by atoms with E-state index in [-0.39, 0.29) is 11.7 Å². The van der Waals surface area contributed by atoms with Crippen LogP contribution in [0.2, 0.25) is 0 Å². The van der Waals surface area contributed by atoms with Crippen molar-refractivity contribution < 1.29 is 23.1 Å². The number of benzene rings is 1. The third-order valence-corrected chi connectivity index (χ3v) is 6.17. The summed E-state index contributed by atoms with van der Waals surface area (Å²) in [5.74, 6) is -2.14. The van der Waals surface area contributed by atoms with E-state index in [2.05, 4.69) is 0 Å². The molecule has 25 heavy (non-hydrogen) atoms. The smallest absolute Gasteiger partial charge is 0.326 e. The summed E-state index contributed by atoms with van der Waals surface area (Å²) in [6.45, 7) is 2.24. The van der Waals surface area contributed by atoms with E-state index in [1.807, 2.05) is 37.3 Å². The molecule has 6 nitrogen and oxygen atoms in total. The van der Waals surface area contributed by atoms with Crippen molar-refractivity contribution in [1.82, 2.24) is 4.90 Å². The maximum Gasteiger partial charge on any atom is 0.326 e. The highest BCUT2D eigenvalue weighted by molar-refractivity contribution is 7.92. The molecule has 1 saturated heterocycles. The molecule has 1 heterocycles. The molecule has 7 heteroatoms. The number of carbonyl (C=O) groups is 2. The average Bonchev–Trinajstić information content (AvgIpc) is 2.55. The maximum absolute atomic E-state index is 12.4. The van der Waals surface area contributed by atoms with E-state index in [4.69, 9.17) is 0 Å². The van der Waals surface area contributed by atoms with Gasteiger partial charge in [0.2, 0.25) is 5.91 Å². The van der Waals surface area contributed by atoms with Crippen LogP contribution in [0.5, 0.6) is 0 Å². The summed E-state index contributed by atoms with van der Waals surface area (Å²) >= 11 is 0. The summed E-state index contributed by atoms with van der Waals surface area (Å²) in [6, 6.07) is 8.65. The van der Waals surface area contributed by atoms with Gasteiger partial charge in [0.15, 0.2) is 9.84 Å². The van der Waals surface area contributed by atoms with Crippen LogP contribution in [0.25, 0.3) is 0 Å². The lowest BCUT2D eigenvalue weighted by Crippen LogP contribution is -2.51. The van der Waals surface area contributed by atoms with E-state index >= 15 is 0 Å². The molecule has 0 bridgehead atoms. The van der Waals surface area contributed by atoms with E-state index in [1.54, 1.807) is 0 Å². The molecule has 1 aromatic carbocycles. The Hall–Kier alpha value is -1.89. The highest BCUT2D eigenvalue weighted by Gasteiger charge is 2.36. The summed E-state index contributed by atoms with van der Waals surface area (Å²) in [7, 11) is -3.55. The van der Waals surface area contributed by atoms with Crippen LogP contribution >= 0.6 is 0 Å². The van der Waals surface area contributed by atoms with E-state index in [0.717, 1.165) is 5.56 Å². The summed E-state index contributed by atoms with van der Waals surface area (Å²) in [5, 5.41) is 9.30. The molecule has 1 aliphatic heterocycles. The molecule has 1 aromatic rings. The number of carbonyl (C=O) groups excluding carboxylic acids is 1. The number of carboxylic acids is 1. The van der Waals surface area contributed by atoms with Crippen molar-refractivity contribution in [2.45, 2.75) is 38.6 Å². The third-order valence-electron chi connectivity index (χ3n) is 4.58. The Labute approximate surface area is 148 Å². The standard InChI is InChI=1S/C18H25NO5S/c1-14-9-10-19(16(12-14)18(21)22)17(20)13-25(23,24)11-5-8-15-6-3-2-4-7-15/h2-4,6-7,14,16H,5,8-13H2,1H3,(H,21,22).